The van der Waals surface area contributed by atoms with Crippen molar-refractivity contribution in [1.82, 2.24) is 0 Å². The van der Waals surface area contributed by atoms with Gasteiger partial charge in [0.1, 0.15) is 34.5 Å². The fourth-order valence-corrected chi connectivity index (χ4v) is 4.88. The maximum absolute atomic E-state index is 9.47. The Bertz CT molecular complexity index is 1110. The molecule has 172 valence electrons. The summed E-state index contributed by atoms with van der Waals surface area (Å²) in [6, 6.07) is 30.4. The van der Waals surface area contributed by atoms with Crippen LogP contribution in [0.3, 0.4) is 0 Å². The van der Waals surface area contributed by atoms with E-state index in [1.54, 1.807) is 48.5 Å². The summed E-state index contributed by atoms with van der Waals surface area (Å²) in [5, 5.41) is 18.9. The predicted octanol–water partition coefficient (Wildman–Crippen LogP) is 7.93. The lowest BCUT2D eigenvalue weighted by atomic mass is 9.65. The van der Waals surface area contributed by atoms with Gasteiger partial charge in [0.2, 0.25) is 0 Å². The molecule has 0 atom stereocenters. The van der Waals surface area contributed by atoms with Gasteiger partial charge in [-0.25, -0.2) is 0 Å². The van der Waals surface area contributed by atoms with Crippen LogP contribution in [-0.2, 0) is 5.41 Å². The third kappa shape index (κ3) is 4.72. The van der Waals surface area contributed by atoms with Crippen molar-refractivity contribution in [2.75, 3.05) is 0 Å². The zero-order chi connectivity index (χ0) is 23.4. The lowest BCUT2D eigenvalue weighted by molar-refractivity contribution is 0.345. The van der Waals surface area contributed by atoms with E-state index in [2.05, 4.69) is 24.3 Å². The predicted molar refractivity (Wildman–Crippen MR) is 133 cm³/mol. The molecular formula is C30H28O4. The second-order valence-corrected chi connectivity index (χ2v) is 8.88. The zero-order valence-corrected chi connectivity index (χ0v) is 19.0. The summed E-state index contributed by atoms with van der Waals surface area (Å²) in [7, 11) is 0. The van der Waals surface area contributed by atoms with Gasteiger partial charge in [-0.15, -0.1) is 0 Å². The topological polar surface area (TPSA) is 58.9 Å². The van der Waals surface area contributed by atoms with E-state index in [0.29, 0.717) is 11.5 Å². The first-order valence-electron chi connectivity index (χ1n) is 11.8. The second kappa shape index (κ2) is 9.52. The molecule has 0 radical (unpaired) electrons. The molecule has 0 heterocycles. The van der Waals surface area contributed by atoms with E-state index in [1.165, 1.54) is 30.4 Å². The minimum Gasteiger partial charge on any atom is -0.508 e. The van der Waals surface area contributed by atoms with Gasteiger partial charge in [0.05, 0.1) is 0 Å². The van der Waals surface area contributed by atoms with Crippen molar-refractivity contribution in [2.45, 2.75) is 37.5 Å². The van der Waals surface area contributed by atoms with Gasteiger partial charge in [-0.05, 0) is 96.8 Å². The Kier molecular flexibility index (Phi) is 6.13. The third-order valence-electron chi connectivity index (χ3n) is 6.67. The standard InChI is InChI=1S/C30H28O4/c31-24-8-16-28(17-9-24)33-26-12-4-22(5-13-26)30(20-2-1-3-21-30)23-6-14-27(15-7-23)34-29-18-10-25(32)11-19-29/h4-19,31-32H,1-3,20-21H2. The lowest BCUT2D eigenvalue weighted by Gasteiger charge is -2.38. The summed E-state index contributed by atoms with van der Waals surface area (Å²) >= 11 is 0. The van der Waals surface area contributed by atoms with Crippen LogP contribution in [0.25, 0.3) is 0 Å². The molecule has 0 spiro atoms. The fraction of sp³-hybridized carbons (Fsp3) is 0.200. The first-order chi connectivity index (χ1) is 16.6. The van der Waals surface area contributed by atoms with Gasteiger partial charge in [0, 0.05) is 5.41 Å². The largest absolute Gasteiger partial charge is 0.508 e. The van der Waals surface area contributed by atoms with Gasteiger partial charge < -0.3 is 19.7 Å². The minimum atomic E-state index is -0.0214. The number of phenols is 2. The Balaban J connectivity index is 1.38. The summed E-state index contributed by atoms with van der Waals surface area (Å²) in [5.41, 5.74) is 2.58. The van der Waals surface area contributed by atoms with Crippen LogP contribution < -0.4 is 9.47 Å². The molecule has 0 bridgehead atoms. The maximum atomic E-state index is 9.47. The average Bonchev–Trinajstić information content (AvgIpc) is 2.88. The van der Waals surface area contributed by atoms with Crippen LogP contribution in [-0.4, -0.2) is 10.2 Å². The molecule has 5 rings (SSSR count). The molecular weight excluding hydrogens is 424 g/mol. The molecule has 4 nitrogen and oxygen atoms in total. The van der Waals surface area contributed by atoms with Crippen LogP contribution in [0.5, 0.6) is 34.5 Å². The van der Waals surface area contributed by atoms with E-state index in [1.807, 2.05) is 24.3 Å². The molecule has 4 aromatic rings. The monoisotopic (exact) mass is 452 g/mol. The molecule has 4 heteroatoms. The van der Waals surface area contributed by atoms with Gasteiger partial charge in [-0.1, -0.05) is 43.5 Å². The molecule has 34 heavy (non-hydrogen) atoms. The number of rotatable bonds is 6. The number of ether oxygens (including phenoxy) is 2. The molecule has 4 aromatic carbocycles. The number of hydrogen-bond donors (Lipinski definition) is 2. The minimum absolute atomic E-state index is 0.0214. The van der Waals surface area contributed by atoms with Crippen LogP contribution in [0.15, 0.2) is 97.1 Å². The average molecular weight is 453 g/mol. The highest BCUT2D eigenvalue weighted by Crippen LogP contribution is 2.46. The van der Waals surface area contributed by atoms with E-state index in [-0.39, 0.29) is 16.9 Å². The van der Waals surface area contributed by atoms with Crippen molar-refractivity contribution < 1.29 is 19.7 Å². The molecule has 0 saturated heterocycles. The molecule has 0 unspecified atom stereocenters. The Morgan fingerprint density at radius 2 is 0.765 bits per heavy atom. The van der Waals surface area contributed by atoms with Crippen LogP contribution in [0.2, 0.25) is 0 Å². The van der Waals surface area contributed by atoms with E-state index >= 15 is 0 Å². The van der Waals surface area contributed by atoms with E-state index in [4.69, 9.17) is 9.47 Å². The highest BCUT2D eigenvalue weighted by molar-refractivity contribution is 5.45. The number of benzene rings is 4. The summed E-state index contributed by atoms with van der Waals surface area (Å²) in [6.45, 7) is 0. The number of hydrogen-bond acceptors (Lipinski definition) is 4. The van der Waals surface area contributed by atoms with Crippen LogP contribution in [0, 0.1) is 0 Å². The quantitative estimate of drug-likeness (QED) is 0.312. The molecule has 0 aromatic heterocycles. The fourth-order valence-electron chi connectivity index (χ4n) is 4.88. The highest BCUT2D eigenvalue weighted by Gasteiger charge is 2.35. The molecule has 0 amide bonds. The Morgan fingerprint density at radius 3 is 1.12 bits per heavy atom. The summed E-state index contributed by atoms with van der Waals surface area (Å²) in [5.74, 6) is 3.39. The summed E-state index contributed by atoms with van der Waals surface area (Å²) in [6.07, 6.45) is 5.91. The van der Waals surface area contributed by atoms with Crippen molar-refractivity contribution in [3.8, 4) is 34.5 Å². The normalized spacial score (nSPS) is 14.9. The number of phenolic OH excluding ortho intramolecular Hbond substituents is 2. The second-order valence-electron chi connectivity index (χ2n) is 8.88. The van der Waals surface area contributed by atoms with Crippen molar-refractivity contribution in [3.05, 3.63) is 108 Å². The lowest BCUT2D eigenvalue weighted by Crippen LogP contribution is -2.30. The molecule has 2 N–H and O–H groups in total. The van der Waals surface area contributed by atoms with Crippen LogP contribution in [0.4, 0.5) is 0 Å². The van der Waals surface area contributed by atoms with E-state index < -0.39 is 0 Å². The van der Waals surface area contributed by atoms with Crippen molar-refractivity contribution in [1.29, 1.82) is 0 Å². The van der Waals surface area contributed by atoms with Crippen LogP contribution in [0.1, 0.15) is 43.2 Å². The molecule has 0 aliphatic heterocycles. The molecule has 1 aliphatic rings. The highest BCUT2D eigenvalue weighted by atomic mass is 16.5. The summed E-state index contributed by atoms with van der Waals surface area (Å²) in [4.78, 5) is 0. The summed E-state index contributed by atoms with van der Waals surface area (Å²) < 4.78 is 11.9. The van der Waals surface area contributed by atoms with Gasteiger partial charge >= 0.3 is 0 Å². The first-order valence-corrected chi connectivity index (χ1v) is 11.8. The number of aromatic hydroxyl groups is 2. The Hall–Kier alpha value is -3.92. The Labute approximate surface area is 200 Å². The van der Waals surface area contributed by atoms with Crippen molar-refractivity contribution in [2.24, 2.45) is 0 Å². The molecule has 1 saturated carbocycles. The Morgan fingerprint density at radius 1 is 0.441 bits per heavy atom. The third-order valence-corrected chi connectivity index (χ3v) is 6.67. The van der Waals surface area contributed by atoms with Gasteiger partial charge in [-0.2, -0.15) is 0 Å². The smallest absolute Gasteiger partial charge is 0.127 e. The van der Waals surface area contributed by atoms with Crippen molar-refractivity contribution >= 4 is 0 Å². The van der Waals surface area contributed by atoms with Gasteiger partial charge in [0.15, 0.2) is 0 Å². The zero-order valence-electron chi connectivity index (χ0n) is 19.0. The SMILES string of the molecule is Oc1ccc(Oc2ccc(C3(c4ccc(Oc5ccc(O)cc5)cc4)CCCCC3)cc2)cc1. The van der Waals surface area contributed by atoms with Gasteiger partial charge in [-0.3, -0.25) is 0 Å². The molecule has 1 fully saturated rings. The van der Waals surface area contributed by atoms with E-state index in [9.17, 15) is 10.2 Å². The van der Waals surface area contributed by atoms with E-state index in [0.717, 1.165) is 24.3 Å². The van der Waals surface area contributed by atoms with Crippen molar-refractivity contribution in [3.63, 3.8) is 0 Å². The van der Waals surface area contributed by atoms with Crippen LogP contribution >= 0.6 is 0 Å². The first kappa shape index (κ1) is 21.9. The van der Waals surface area contributed by atoms with Gasteiger partial charge in [0.25, 0.3) is 0 Å². The maximum Gasteiger partial charge on any atom is 0.127 e. The molecule has 1 aliphatic carbocycles.